The molecule has 2 saturated heterocycles. The molecule has 7 nitrogen and oxygen atoms in total. The Morgan fingerprint density at radius 1 is 1.24 bits per heavy atom. The highest BCUT2D eigenvalue weighted by Crippen LogP contribution is 2.38. The average Bonchev–Trinajstić information content (AvgIpc) is 3.05. The molecule has 174 valence electrons. The number of nitrogens with one attached hydrogen (secondary N) is 1. The maximum atomic E-state index is 13.6. The van der Waals surface area contributed by atoms with Gasteiger partial charge in [0, 0.05) is 12.2 Å². The van der Waals surface area contributed by atoms with Gasteiger partial charge in [0.2, 0.25) is 0 Å². The van der Waals surface area contributed by atoms with Crippen LogP contribution < -0.4 is 20.8 Å². The van der Waals surface area contributed by atoms with Crippen LogP contribution >= 0.6 is 0 Å². The van der Waals surface area contributed by atoms with E-state index >= 15 is 0 Å². The minimum Gasteiger partial charge on any atom is -0.435 e. The number of ether oxygens (including phenoxy) is 1. The standard InChI is InChI=1S/C24H27F2N5O2/c1-17(14-29-27)19-5-7-20(8-6-19)30-16-24(9-11-28-12-10-24)31(23(30)32)15-18-3-2-4-21(13-18)33-22(25)26/h2-8,13-14,22,28H,1,9-12,15-16,27H2/b29-14-. The second-order valence-corrected chi connectivity index (χ2v) is 8.31. The summed E-state index contributed by atoms with van der Waals surface area (Å²) in [6.07, 6.45) is 3.10. The van der Waals surface area contributed by atoms with E-state index in [4.69, 9.17) is 5.84 Å². The van der Waals surface area contributed by atoms with Crippen LogP contribution in [0.1, 0.15) is 24.0 Å². The molecule has 2 amide bonds. The average molecular weight is 456 g/mol. The number of carbonyl (C=O) groups is 1. The first-order valence-corrected chi connectivity index (χ1v) is 10.8. The summed E-state index contributed by atoms with van der Waals surface area (Å²) in [4.78, 5) is 17.3. The Morgan fingerprint density at radius 3 is 2.64 bits per heavy atom. The lowest BCUT2D eigenvalue weighted by atomic mass is 9.87. The normalized spacial score (nSPS) is 18.0. The topological polar surface area (TPSA) is 83.2 Å². The second-order valence-electron chi connectivity index (χ2n) is 8.31. The van der Waals surface area contributed by atoms with Crippen molar-refractivity contribution in [2.75, 3.05) is 24.5 Å². The number of hydrogen-bond acceptors (Lipinski definition) is 5. The van der Waals surface area contributed by atoms with E-state index in [-0.39, 0.29) is 17.3 Å². The van der Waals surface area contributed by atoms with Gasteiger partial charge in [-0.25, -0.2) is 4.79 Å². The first kappa shape index (κ1) is 22.7. The zero-order valence-electron chi connectivity index (χ0n) is 18.2. The van der Waals surface area contributed by atoms with Crippen molar-refractivity contribution in [1.29, 1.82) is 0 Å². The number of halogens is 2. The van der Waals surface area contributed by atoms with Gasteiger partial charge in [-0.2, -0.15) is 13.9 Å². The summed E-state index contributed by atoms with van der Waals surface area (Å²) in [7, 11) is 0. The molecule has 33 heavy (non-hydrogen) atoms. The number of anilines is 1. The fourth-order valence-electron chi connectivity index (χ4n) is 4.58. The number of amides is 2. The predicted octanol–water partition coefficient (Wildman–Crippen LogP) is 3.81. The summed E-state index contributed by atoms with van der Waals surface area (Å²) in [5.74, 6) is 5.29. The second kappa shape index (κ2) is 9.58. The van der Waals surface area contributed by atoms with Crippen molar-refractivity contribution in [3.63, 3.8) is 0 Å². The van der Waals surface area contributed by atoms with E-state index in [1.807, 2.05) is 35.2 Å². The zero-order valence-corrected chi connectivity index (χ0v) is 18.2. The van der Waals surface area contributed by atoms with E-state index in [9.17, 15) is 13.6 Å². The molecule has 2 fully saturated rings. The smallest absolute Gasteiger partial charge is 0.387 e. The largest absolute Gasteiger partial charge is 0.435 e. The fourth-order valence-corrected chi connectivity index (χ4v) is 4.58. The van der Waals surface area contributed by atoms with Crippen LogP contribution in [-0.4, -0.2) is 48.9 Å². The first-order chi connectivity index (χ1) is 15.9. The predicted molar refractivity (Wildman–Crippen MR) is 124 cm³/mol. The van der Waals surface area contributed by atoms with Crippen molar-refractivity contribution >= 4 is 23.5 Å². The quantitative estimate of drug-likeness (QED) is 0.378. The molecule has 0 radical (unpaired) electrons. The van der Waals surface area contributed by atoms with Crippen molar-refractivity contribution in [2.45, 2.75) is 31.5 Å². The highest BCUT2D eigenvalue weighted by atomic mass is 19.3. The first-order valence-electron chi connectivity index (χ1n) is 10.8. The van der Waals surface area contributed by atoms with E-state index in [0.717, 1.165) is 42.7 Å². The summed E-state index contributed by atoms with van der Waals surface area (Å²) in [6.45, 7) is 3.53. The van der Waals surface area contributed by atoms with Gasteiger partial charge in [0.15, 0.2) is 0 Å². The minimum atomic E-state index is -2.89. The highest BCUT2D eigenvalue weighted by Gasteiger charge is 2.50. The Morgan fingerprint density at radius 2 is 1.97 bits per heavy atom. The van der Waals surface area contributed by atoms with Gasteiger partial charge >= 0.3 is 12.6 Å². The van der Waals surface area contributed by atoms with Crippen LogP contribution in [-0.2, 0) is 6.54 Å². The third-order valence-electron chi connectivity index (χ3n) is 6.27. The summed E-state index contributed by atoms with van der Waals surface area (Å²) in [5.41, 5.74) is 2.74. The Hall–Kier alpha value is -3.46. The van der Waals surface area contributed by atoms with Crippen LogP contribution in [0.2, 0.25) is 0 Å². The molecule has 0 aromatic heterocycles. The molecular weight excluding hydrogens is 428 g/mol. The Labute approximate surface area is 191 Å². The number of allylic oxidation sites excluding steroid dienone is 1. The molecule has 0 saturated carbocycles. The zero-order chi connectivity index (χ0) is 23.4. The molecule has 1 spiro atoms. The molecule has 3 N–H and O–H groups in total. The Kier molecular flexibility index (Phi) is 6.60. The molecule has 2 aliphatic rings. The van der Waals surface area contributed by atoms with Gasteiger partial charge in [-0.15, -0.1) is 0 Å². The molecule has 0 atom stereocenters. The monoisotopic (exact) mass is 455 g/mol. The van der Waals surface area contributed by atoms with Crippen molar-refractivity contribution < 1.29 is 18.3 Å². The summed E-state index contributed by atoms with van der Waals surface area (Å²) >= 11 is 0. The van der Waals surface area contributed by atoms with Crippen LogP contribution in [0.25, 0.3) is 5.57 Å². The van der Waals surface area contributed by atoms with Crippen LogP contribution in [0.3, 0.4) is 0 Å². The molecule has 0 unspecified atom stereocenters. The number of rotatable bonds is 7. The van der Waals surface area contributed by atoms with Gasteiger partial charge in [-0.1, -0.05) is 30.8 Å². The third-order valence-corrected chi connectivity index (χ3v) is 6.27. The van der Waals surface area contributed by atoms with E-state index in [0.29, 0.717) is 18.7 Å². The van der Waals surface area contributed by atoms with E-state index < -0.39 is 6.61 Å². The number of urea groups is 1. The van der Waals surface area contributed by atoms with Crippen LogP contribution in [0, 0.1) is 0 Å². The number of carbonyl (C=O) groups excluding carboxylic acids is 1. The summed E-state index contributed by atoms with van der Waals surface area (Å²) in [6, 6.07) is 14.0. The third kappa shape index (κ3) is 4.83. The number of hydrazone groups is 1. The van der Waals surface area contributed by atoms with Crippen LogP contribution in [0.5, 0.6) is 5.75 Å². The Balaban J connectivity index is 1.60. The molecule has 4 rings (SSSR count). The van der Waals surface area contributed by atoms with Crippen molar-refractivity contribution in [2.24, 2.45) is 10.9 Å². The molecule has 0 bridgehead atoms. The fraction of sp³-hybridized carbons (Fsp3) is 0.333. The maximum Gasteiger partial charge on any atom is 0.387 e. The van der Waals surface area contributed by atoms with Crippen molar-refractivity contribution in [3.8, 4) is 5.75 Å². The summed E-state index contributed by atoms with van der Waals surface area (Å²) in [5, 5.41) is 6.86. The lowest BCUT2D eigenvalue weighted by molar-refractivity contribution is -0.0499. The van der Waals surface area contributed by atoms with Gasteiger partial charge in [0.1, 0.15) is 5.75 Å². The number of hydrogen-bond donors (Lipinski definition) is 2. The Bertz CT molecular complexity index is 1040. The molecular formula is C24H27F2N5O2. The number of benzene rings is 2. The van der Waals surface area contributed by atoms with E-state index in [2.05, 4.69) is 21.7 Å². The van der Waals surface area contributed by atoms with Crippen molar-refractivity contribution in [3.05, 3.63) is 66.2 Å². The lowest BCUT2D eigenvalue weighted by Crippen LogP contribution is -2.53. The highest BCUT2D eigenvalue weighted by molar-refractivity contribution is 6.08. The van der Waals surface area contributed by atoms with E-state index in [1.54, 1.807) is 17.0 Å². The van der Waals surface area contributed by atoms with Crippen LogP contribution in [0.4, 0.5) is 19.3 Å². The lowest BCUT2D eigenvalue weighted by Gasteiger charge is -2.40. The molecule has 2 aromatic rings. The van der Waals surface area contributed by atoms with Gasteiger partial charge in [0.25, 0.3) is 0 Å². The molecule has 2 aromatic carbocycles. The number of alkyl halides is 2. The van der Waals surface area contributed by atoms with Gasteiger partial charge < -0.3 is 20.8 Å². The number of nitrogens with two attached hydrogens (primary N) is 1. The van der Waals surface area contributed by atoms with Gasteiger partial charge in [-0.3, -0.25) is 4.90 Å². The molecule has 0 aliphatic carbocycles. The van der Waals surface area contributed by atoms with E-state index in [1.165, 1.54) is 12.3 Å². The van der Waals surface area contributed by atoms with Crippen molar-refractivity contribution in [1.82, 2.24) is 10.2 Å². The molecule has 2 heterocycles. The molecule has 2 aliphatic heterocycles. The minimum absolute atomic E-state index is 0.0854. The van der Waals surface area contributed by atoms with Crippen LogP contribution in [0.15, 0.2) is 60.2 Å². The van der Waals surface area contributed by atoms with Gasteiger partial charge in [-0.05, 0) is 66.9 Å². The number of piperidine rings is 1. The van der Waals surface area contributed by atoms with Gasteiger partial charge in [0.05, 0.1) is 18.3 Å². The molecule has 9 heteroatoms. The summed E-state index contributed by atoms with van der Waals surface area (Å²) < 4.78 is 29.8. The maximum absolute atomic E-state index is 13.6. The number of nitrogens with zero attached hydrogens (tertiary/aromatic N) is 3. The SMILES string of the molecule is C=C(/C=N\N)c1ccc(N2CC3(CCNCC3)N(Cc3cccc(OC(F)F)c3)C2=O)cc1.